The summed E-state index contributed by atoms with van der Waals surface area (Å²) in [5.41, 5.74) is -0.106. The molecule has 2 aromatic rings. The molecule has 23 heavy (non-hydrogen) atoms. The second-order valence-electron chi connectivity index (χ2n) is 5.84. The number of hydrogen-bond acceptors (Lipinski definition) is 4. The van der Waals surface area contributed by atoms with Crippen LogP contribution in [0.25, 0.3) is 0 Å². The van der Waals surface area contributed by atoms with Gasteiger partial charge in [0, 0.05) is 12.1 Å². The van der Waals surface area contributed by atoms with Crippen LogP contribution in [0.15, 0.2) is 29.1 Å². The number of anilines is 2. The van der Waals surface area contributed by atoms with E-state index < -0.39 is 11.4 Å². The van der Waals surface area contributed by atoms with Gasteiger partial charge in [-0.05, 0) is 24.1 Å². The summed E-state index contributed by atoms with van der Waals surface area (Å²) in [6.45, 7) is 0. The molecule has 1 aromatic carbocycles. The van der Waals surface area contributed by atoms with Crippen LogP contribution in [0, 0.1) is 23.1 Å². The lowest BCUT2D eigenvalue weighted by Gasteiger charge is -2.11. The Hall–Kier alpha value is -2.68. The first-order valence-electron chi connectivity index (χ1n) is 7.71. The van der Waals surface area contributed by atoms with Crippen molar-refractivity contribution in [1.29, 1.82) is 5.26 Å². The zero-order chi connectivity index (χ0) is 16.2. The molecular weight excluding hydrogens is 295 g/mol. The van der Waals surface area contributed by atoms with Crippen LogP contribution in [-0.2, 0) is 6.42 Å². The minimum atomic E-state index is -0.464. The number of aromatic nitrogens is 2. The fourth-order valence-electron chi connectivity index (χ4n) is 3.00. The summed E-state index contributed by atoms with van der Waals surface area (Å²) in [5.74, 6) is 0.868. The Kier molecular flexibility index (Phi) is 4.38. The number of benzene rings is 1. The quantitative estimate of drug-likeness (QED) is 0.908. The third-order valence-electron chi connectivity index (χ3n) is 4.12. The van der Waals surface area contributed by atoms with E-state index in [0.717, 1.165) is 12.8 Å². The van der Waals surface area contributed by atoms with Gasteiger partial charge in [-0.15, -0.1) is 0 Å². The monoisotopic (exact) mass is 312 g/mol. The maximum atomic E-state index is 13.3. The number of halogens is 1. The van der Waals surface area contributed by atoms with E-state index in [0.29, 0.717) is 23.9 Å². The smallest absolute Gasteiger partial charge is 0.271 e. The molecule has 0 saturated heterocycles. The number of nitrogens with one attached hydrogen (secondary N) is 2. The van der Waals surface area contributed by atoms with E-state index in [4.69, 9.17) is 0 Å². The van der Waals surface area contributed by atoms with Gasteiger partial charge in [-0.1, -0.05) is 31.7 Å². The molecule has 1 heterocycles. The summed E-state index contributed by atoms with van der Waals surface area (Å²) >= 11 is 0. The van der Waals surface area contributed by atoms with Crippen molar-refractivity contribution in [2.45, 2.75) is 32.1 Å². The van der Waals surface area contributed by atoms with Crippen molar-refractivity contribution in [3.63, 3.8) is 0 Å². The van der Waals surface area contributed by atoms with Crippen LogP contribution < -0.4 is 10.9 Å². The van der Waals surface area contributed by atoms with E-state index in [1.807, 2.05) is 6.07 Å². The van der Waals surface area contributed by atoms with Crippen molar-refractivity contribution in [3.8, 4) is 6.07 Å². The number of nitriles is 1. The number of aromatic amines is 1. The van der Waals surface area contributed by atoms with Crippen LogP contribution in [0.2, 0.25) is 0 Å². The molecule has 0 amide bonds. The molecule has 0 atom stereocenters. The van der Waals surface area contributed by atoms with Crippen LogP contribution in [0.1, 0.15) is 37.1 Å². The Morgan fingerprint density at radius 1 is 1.39 bits per heavy atom. The molecule has 5 nitrogen and oxygen atoms in total. The molecule has 0 bridgehead atoms. The number of H-pyrrole nitrogens is 1. The number of nitrogens with zero attached hydrogens (tertiary/aromatic N) is 2. The molecule has 118 valence electrons. The normalized spacial score (nSPS) is 14.6. The van der Waals surface area contributed by atoms with Crippen LogP contribution in [-0.4, -0.2) is 9.97 Å². The van der Waals surface area contributed by atoms with Crippen molar-refractivity contribution >= 4 is 11.5 Å². The molecule has 1 aromatic heterocycles. The lowest BCUT2D eigenvalue weighted by molar-refractivity contribution is 0.529. The van der Waals surface area contributed by atoms with Gasteiger partial charge in [0.05, 0.1) is 0 Å². The Bertz CT molecular complexity index is 803. The third kappa shape index (κ3) is 3.57. The minimum Gasteiger partial charge on any atom is -0.339 e. The molecule has 0 spiro atoms. The molecule has 1 aliphatic rings. The Morgan fingerprint density at radius 2 is 2.17 bits per heavy atom. The molecule has 0 unspecified atom stereocenters. The molecule has 2 N–H and O–H groups in total. The zero-order valence-electron chi connectivity index (χ0n) is 12.6. The molecule has 1 fully saturated rings. The van der Waals surface area contributed by atoms with Crippen LogP contribution in [0.3, 0.4) is 0 Å². The molecule has 1 aliphatic carbocycles. The van der Waals surface area contributed by atoms with Gasteiger partial charge in [-0.25, -0.2) is 9.37 Å². The summed E-state index contributed by atoms with van der Waals surface area (Å²) in [6, 6.07) is 7.68. The average Bonchev–Trinajstić information content (AvgIpc) is 3.00. The average molecular weight is 312 g/mol. The SMILES string of the molecule is N#Cc1c(Nc2cccc(F)c2)nc(CC2CCCC2)[nH]c1=O. The van der Waals surface area contributed by atoms with Gasteiger partial charge in [-0.3, -0.25) is 4.79 Å². The largest absolute Gasteiger partial charge is 0.339 e. The van der Waals surface area contributed by atoms with Crippen molar-refractivity contribution in [2.75, 3.05) is 5.32 Å². The lowest BCUT2D eigenvalue weighted by Crippen LogP contribution is -2.19. The fraction of sp³-hybridized carbons (Fsp3) is 0.353. The molecule has 3 rings (SSSR count). The van der Waals surface area contributed by atoms with Gasteiger partial charge in [-0.2, -0.15) is 5.26 Å². The number of hydrogen-bond donors (Lipinski definition) is 2. The van der Waals surface area contributed by atoms with E-state index in [9.17, 15) is 14.4 Å². The minimum absolute atomic E-state index is 0.0931. The van der Waals surface area contributed by atoms with Gasteiger partial charge in [0.2, 0.25) is 0 Å². The van der Waals surface area contributed by atoms with E-state index in [1.54, 1.807) is 12.1 Å². The predicted molar refractivity (Wildman–Crippen MR) is 84.9 cm³/mol. The second-order valence-corrected chi connectivity index (χ2v) is 5.84. The molecule has 6 heteroatoms. The lowest BCUT2D eigenvalue weighted by atomic mass is 10.0. The Morgan fingerprint density at radius 3 is 2.87 bits per heavy atom. The standard InChI is InChI=1S/C17H17FN4O/c18-12-6-3-7-13(9-12)20-16-14(10-19)17(23)22-15(21-16)8-11-4-1-2-5-11/h3,6-7,9,11H,1-2,4-5,8H2,(H2,20,21,22,23). The van der Waals surface area contributed by atoms with Gasteiger partial charge in [0.1, 0.15) is 17.7 Å². The Labute approximate surface area is 133 Å². The summed E-state index contributed by atoms with van der Waals surface area (Å²) < 4.78 is 13.3. The first-order chi connectivity index (χ1) is 11.2. The highest BCUT2D eigenvalue weighted by Crippen LogP contribution is 2.27. The highest BCUT2D eigenvalue weighted by atomic mass is 19.1. The summed E-state index contributed by atoms with van der Waals surface area (Å²) in [7, 11) is 0. The van der Waals surface area contributed by atoms with Crippen molar-refractivity contribution in [3.05, 3.63) is 51.8 Å². The highest BCUT2D eigenvalue weighted by Gasteiger charge is 2.18. The van der Waals surface area contributed by atoms with Crippen LogP contribution in [0.4, 0.5) is 15.9 Å². The number of rotatable bonds is 4. The zero-order valence-corrected chi connectivity index (χ0v) is 12.6. The fourth-order valence-corrected chi connectivity index (χ4v) is 3.00. The van der Waals surface area contributed by atoms with E-state index in [-0.39, 0.29) is 11.4 Å². The first-order valence-corrected chi connectivity index (χ1v) is 7.71. The van der Waals surface area contributed by atoms with Gasteiger partial charge in [0.15, 0.2) is 11.4 Å². The molecule has 0 radical (unpaired) electrons. The molecular formula is C17H17FN4O. The summed E-state index contributed by atoms with van der Waals surface area (Å²) in [6.07, 6.45) is 5.38. The third-order valence-corrected chi connectivity index (χ3v) is 4.12. The van der Waals surface area contributed by atoms with E-state index in [1.165, 1.54) is 25.0 Å². The summed E-state index contributed by atoms with van der Waals surface area (Å²) in [5, 5.41) is 12.1. The maximum absolute atomic E-state index is 13.3. The van der Waals surface area contributed by atoms with Gasteiger partial charge >= 0.3 is 0 Å². The van der Waals surface area contributed by atoms with Crippen LogP contribution in [0.5, 0.6) is 0 Å². The highest BCUT2D eigenvalue weighted by molar-refractivity contribution is 5.61. The predicted octanol–water partition coefficient (Wildman–Crippen LogP) is 3.26. The van der Waals surface area contributed by atoms with E-state index in [2.05, 4.69) is 15.3 Å². The van der Waals surface area contributed by atoms with E-state index >= 15 is 0 Å². The Balaban J connectivity index is 1.91. The first kappa shape index (κ1) is 15.2. The van der Waals surface area contributed by atoms with Gasteiger partial charge < -0.3 is 10.3 Å². The van der Waals surface area contributed by atoms with Crippen molar-refractivity contribution < 1.29 is 4.39 Å². The summed E-state index contributed by atoms with van der Waals surface area (Å²) in [4.78, 5) is 19.2. The second kappa shape index (κ2) is 6.61. The van der Waals surface area contributed by atoms with Crippen molar-refractivity contribution in [2.24, 2.45) is 5.92 Å². The molecule has 0 aliphatic heterocycles. The maximum Gasteiger partial charge on any atom is 0.271 e. The van der Waals surface area contributed by atoms with Crippen LogP contribution >= 0.6 is 0 Å². The van der Waals surface area contributed by atoms with Crippen molar-refractivity contribution in [1.82, 2.24) is 9.97 Å². The molecule has 1 saturated carbocycles. The van der Waals surface area contributed by atoms with Gasteiger partial charge in [0.25, 0.3) is 5.56 Å². The topological polar surface area (TPSA) is 81.6 Å².